The fourth-order valence-corrected chi connectivity index (χ4v) is 3.96. The third-order valence-corrected chi connectivity index (χ3v) is 5.40. The summed E-state index contributed by atoms with van der Waals surface area (Å²) in [6.07, 6.45) is 8.17. The molecule has 0 saturated heterocycles. The van der Waals surface area contributed by atoms with E-state index < -0.39 is 0 Å². The van der Waals surface area contributed by atoms with Crippen molar-refractivity contribution >= 4 is 5.91 Å². The standard InChI is InChI=1S/C19H28N2O2/c1-2-16(9-13-5-3-4-6-13)21-19(23)18-11-14-7-8-17(22)10-15(14)12-20-18/h7-8,10,13,16,18,20,22H,2-6,9,11-12H2,1H3,(H,21,23)/t16-,18+/m0/s1. The Labute approximate surface area is 138 Å². The Bertz CT molecular complexity index is 552. The SMILES string of the molecule is CC[C@@H](CC1CCCC1)NC(=O)[C@H]1Cc2ccc(O)cc2CN1. The number of aromatic hydroxyl groups is 1. The molecule has 1 saturated carbocycles. The molecule has 2 aliphatic rings. The highest BCUT2D eigenvalue weighted by atomic mass is 16.3. The lowest BCUT2D eigenvalue weighted by molar-refractivity contribution is -0.124. The van der Waals surface area contributed by atoms with Gasteiger partial charge >= 0.3 is 0 Å². The van der Waals surface area contributed by atoms with Gasteiger partial charge in [0.05, 0.1) is 6.04 Å². The van der Waals surface area contributed by atoms with E-state index in [0.717, 1.165) is 29.9 Å². The highest BCUT2D eigenvalue weighted by Crippen LogP contribution is 2.29. The predicted octanol–water partition coefficient (Wildman–Crippen LogP) is 2.88. The average molecular weight is 316 g/mol. The van der Waals surface area contributed by atoms with Gasteiger partial charge in [-0.3, -0.25) is 4.79 Å². The minimum Gasteiger partial charge on any atom is -0.508 e. The van der Waals surface area contributed by atoms with Crippen molar-refractivity contribution in [1.29, 1.82) is 0 Å². The van der Waals surface area contributed by atoms with Crippen LogP contribution in [-0.2, 0) is 17.8 Å². The fourth-order valence-electron chi connectivity index (χ4n) is 3.96. The Hall–Kier alpha value is -1.55. The molecule has 4 heteroatoms. The molecule has 1 amide bonds. The zero-order chi connectivity index (χ0) is 16.2. The van der Waals surface area contributed by atoms with Gasteiger partial charge in [0.15, 0.2) is 0 Å². The van der Waals surface area contributed by atoms with E-state index in [9.17, 15) is 9.90 Å². The van der Waals surface area contributed by atoms with E-state index in [0.29, 0.717) is 19.0 Å². The van der Waals surface area contributed by atoms with Gasteiger partial charge in [0, 0.05) is 12.6 Å². The molecule has 0 bridgehead atoms. The summed E-state index contributed by atoms with van der Waals surface area (Å²) >= 11 is 0. The summed E-state index contributed by atoms with van der Waals surface area (Å²) in [4.78, 5) is 12.6. The lowest BCUT2D eigenvalue weighted by Gasteiger charge is -2.28. The molecule has 1 aliphatic carbocycles. The highest BCUT2D eigenvalue weighted by molar-refractivity contribution is 5.82. The maximum atomic E-state index is 12.6. The quantitative estimate of drug-likeness (QED) is 0.783. The Kier molecular flexibility index (Phi) is 5.21. The number of phenols is 1. The van der Waals surface area contributed by atoms with Gasteiger partial charge in [-0.15, -0.1) is 0 Å². The first-order chi connectivity index (χ1) is 11.2. The molecule has 3 N–H and O–H groups in total. The first-order valence-corrected chi connectivity index (χ1v) is 9.00. The molecule has 3 rings (SSSR count). The van der Waals surface area contributed by atoms with Crippen LogP contribution in [0.4, 0.5) is 0 Å². The summed E-state index contributed by atoms with van der Waals surface area (Å²) in [6.45, 7) is 2.80. The van der Waals surface area contributed by atoms with Gasteiger partial charge in [-0.2, -0.15) is 0 Å². The Morgan fingerprint density at radius 3 is 2.87 bits per heavy atom. The highest BCUT2D eigenvalue weighted by Gasteiger charge is 2.27. The molecule has 1 aliphatic heterocycles. The van der Waals surface area contributed by atoms with E-state index in [-0.39, 0.29) is 17.7 Å². The smallest absolute Gasteiger partial charge is 0.237 e. The van der Waals surface area contributed by atoms with Crippen molar-refractivity contribution in [3.63, 3.8) is 0 Å². The normalized spacial score (nSPS) is 22.6. The van der Waals surface area contributed by atoms with Crippen molar-refractivity contribution in [2.45, 2.75) is 70.5 Å². The molecule has 0 radical (unpaired) electrons. The van der Waals surface area contributed by atoms with Crippen LogP contribution in [-0.4, -0.2) is 23.1 Å². The van der Waals surface area contributed by atoms with Gasteiger partial charge in [0.25, 0.3) is 0 Å². The number of fused-ring (bicyclic) bond motifs is 1. The molecule has 0 aromatic heterocycles. The molecule has 2 atom stereocenters. The Morgan fingerprint density at radius 1 is 1.35 bits per heavy atom. The molecule has 23 heavy (non-hydrogen) atoms. The monoisotopic (exact) mass is 316 g/mol. The zero-order valence-electron chi connectivity index (χ0n) is 14.0. The van der Waals surface area contributed by atoms with E-state index in [1.54, 1.807) is 12.1 Å². The van der Waals surface area contributed by atoms with Crippen molar-refractivity contribution in [2.24, 2.45) is 5.92 Å². The second-order valence-electron chi connectivity index (χ2n) is 7.09. The van der Waals surface area contributed by atoms with E-state index in [4.69, 9.17) is 0 Å². The summed E-state index contributed by atoms with van der Waals surface area (Å²) in [7, 11) is 0. The predicted molar refractivity (Wildman–Crippen MR) is 91.2 cm³/mol. The Morgan fingerprint density at radius 2 is 2.13 bits per heavy atom. The van der Waals surface area contributed by atoms with Crippen LogP contribution in [0.25, 0.3) is 0 Å². The molecular weight excluding hydrogens is 288 g/mol. The van der Waals surface area contributed by atoms with Gasteiger partial charge in [0.1, 0.15) is 5.75 Å². The minimum atomic E-state index is -0.162. The van der Waals surface area contributed by atoms with Crippen molar-refractivity contribution in [2.75, 3.05) is 0 Å². The van der Waals surface area contributed by atoms with Crippen LogP contribution in [0.2, 0.25) is 0 Å². The van der Waals surface area contributed by atoms with E-state index in [2.05, 4.69) is 17.6 Å². The van der Waals surface area contributed by atoms with E-state index in [1.165, 1.54) is 25.7 Å². The van der Waals surface area contributed by atoms with Gasteiger partial charge in [-0.1, -0.05) is 38.7 Å². The van der Waals surface area contributed by atoms with Crippen molar-refractivity contribution in [1.82, 2.24) is 10.6 Å². The molecule has 0 spiro atoms. The van der Waals surface area contributed by atoms with Crippen molar-refractivity contribution < 1.29 is 9.90 Å². The van der Waals surface area contributed by atoms with Gasteiger partial charge in [-0.25, -0.2) is 0 Å². The summed E-state index contributed by atoms with van der Waals surface area (Å²) in [5.41, 5.74) is 2.25. The second kappa shape index (κ2) is 7.35. The van der Waals surface area contributed by atoms with Crippen molar-refractivity contribution in [3.8, 4) is 5.75 Å². The summed E-state index contributed by atoms with van der Waals surface area (Å²) in [6, 6.07) is 5.56. The van der Waals surface area contributed by atoms with Gasteiger partial charge in [0.2, 0.25) is 5.91 Å². The Balaban J connectivity index is 1.56. The van der Waals surface area contributed by atoms with E-state index in [1.807, 2.05) is 6.07 Å². The number of carbonyl (C=O) groups is 1. The lowest BCUT2D eigenvalue weighted by Crippen LogP contribution is -2.50. The molecule has 1 heterocycles. The van der Waals surface area contributed by atoms with Crippen LogP contribution < -0.4 is 10.6 Å². The molecule has 0 unspecified atom stereocenters. The van der Waals surface area contributed by atoms with Crippen LogP contribution >= 0.6 is 0 Å². The molecule has 4 nitrogen and oxygen atoms in total. The molecule has 126 valence electrons. The van der Waals surface area contributed by atoms with Crippen LogP contribution in [0.5, 0.6) is 5.75 Å². The maximum Gasteiger partial charge on any atom is 0.237 e. The molecule has 1 aromatic carbocycles. The lowest BCUT2D eigenvalue weighted by atomic mass is 9.93. The number of phenolic OH excluding ortho intramolecular Hbond substituents is 1. The average Bonchev–Trinajstić information content (AvgIpc) is 3.06. The number of nitrogens with one attached hydrogen (secondary N) is 2. The topological polar surface area (TPSA) is 61.4 Å². The molecule has 1 aromatic rings. The largest absolute Gasteiger partial charge is 0.508 e. The van der Waals surface area contributed by atoms with Crippen LogP contribution in [0.1, 0.15) is 56.6 Å². The van der Waals surface area contributed by atoms with Gasteiger partial charge in [-0.05, 0) is 48.4 Å². The summed E-state index contributed by atoms with van der Waals surface area (Å²) in [5.74, 6) is 1.20. The number of benzene rings is 1. The molecule has 1 fully saturated rings. The third-order valence-electron chi connectivity index (χ3n) is 5.40. The van der Waals surface area contributed by atoms with Crippen molar-refractivity contribution in [3.05, 3.63) is 29.3 Å². The fraction of sp³-hybridized carbons (Fsp3) is 0.632. The summed E-state index contributed by atoms with van der Waals surface area (Å²) < 4.78 is 0. The third kappa shape index (κ3) is 4.05. The van der Waals surface area contributed by atoms with Gasteiger partial charge < -0.3 is 15.7 Å². The minimum absolute atomic E-state index is 0.119. The first kappa shape index (κ1) is 16.3. The number of hydrogen-bond donors (Lipinski definition) is 3. The number of amides is 1. The second-order valence-corrected chi connectivity index (χ2v) is 7.09. The maximum absolute atomic E-state index is 12.6. The van der Waals surface area contributed by atoms with Crippen LogP contribution in [0.3, 0.4) is 0 Å². The van der Waals surface area contributed by atoms with E-state index >= 15 is 0 Å². The zero-order valence-corrected chi connectivity index (χ0v) is 14.0. The number of hydrogen-bond acceptors (Lipinski definition) is 3. The van der Waals surface area contributed by atoms with Crippen LogP contribution in [0, 0.1) is 5.92 Å². The molecular formula is C19H28N2O2. The number of carbonyl (C=O) groups excluding carboxylic acids is 1. The first-order valence-electron chi connectivity index (χ1n) is 9.00. The number of rotatable bonds is 5. The van der Waals surface area contributed by atoms with Crippen LogP contribution in [0.15, 0.2) is 18.2 Å². The summed E-state index contributed by atoms with van der Waals surface area (Å²) in [5, 5.41) is 16.1.